The number of benzene rings is 4. The number of ether oxygens (including phenoxy) is 1. The number of methoxy groups -OCH3 is 1. The third-order valence-corrected chi connectivity index (χ3v) is 5.18. The highest BCUT2D eigenvalue weighted by Crippen LogP contribution is 2.28. The predicted octanol–water partition coefficient (Wildman–Crippen LogP) is 5.69. The largest absolute Gasteiger partial charge is 0.497 e. The maximum absolute atomic E-state index is 8.12. The van der Waals surface area contributed by atoms with Crippen molar-refractivity contribution in [2.45, 2.75) is 0 Å². The molecule has 0 aliphatic heterocycles. The average Bonchev–Trinajstić information content (AvgIpc) is 3.36. The lowest BCUT2D eigenvalue weighted by molar-refractivity contribution is -0.191. The topological polar surface area (TPSA) is 74.1 Å². The molecule has 1 aromatic heterocycles. The first-order valence-electron chi connectivity index (χ1n) is 10.6. The van der Waals surface area contributed by atoms with Crippen molar-refractivity contribution in [3.63, 3.8) is 0 Å². The van der Waals surface area contributed by atoms with Gasteiger partial charge >= 0.3 is 6.15 Å². The molecule has 0 bridgehead atoms. The maximum Gasteiger partial charge on any atom is 0.373 e. The zero-order valence-electron chi connectivity index (χ0n) is 18.5. The maximum atomic E-state index is 8.12. The summed E-state index contributed by atoms with van der Waals surface area (Å²) >= 11 is 0. The Morgan fingerprint density at radius 2 is 1.24 bits per heavy atom. The number of aromatic nitrogens is 3. The second kappa shape index (κ2) is 10.7. The molecule has 4 aromatic carbocycles. The number of rotatable bonds is 5. The van der Waals surface area contributed by atoms with E-state index < -0.39 is 0 Å². The molecule has 0 N–H and O–H groups in total. The Kier molecular flexibility index (Phi) is 7.03. The summed E-state index contributed by atoms with van der Waals surface area (Å²) in [5.74, 6) is 2.29. The molecule has 0 saturated carbocycles. The van der Waals surface area contributed by atoms with Gasteiger partial charge < -0.3 is 4.74 Å². The quantitative estimate of drug-likeness (QED) is 0.346. The SMILES string of the molecule is COc1ccc(-n2nc(-c3cccc(-c4ccccc4)c3)nc2-c2ccccc2)cc1.O=C=O. The molecule has 5 rings (SSSR count). The van der Waals surface area contributed by atoms with Gasteiger partial charge in [-0.25, -0.2) is 9.67 Å². The Hall–Kier alpha value is -4.80. The average molecular weight is 447 g/mol. The summed E-state index contributed by atoms with van der Waals surface area (Å²) in [6.45, 7) is 0. The zero-order chi connectivity index (χ0) is 23.8. The van der Waals surface area contributed by atoms with Gasteiger partial charge in [0.25, 0.3) is 0 Å². The Balaban J connectivity index is 0.000000868. The molecule has 0 unspecified atom stereocenters. The minimum Gasteiger partial charge on any atom is -0.497 e. The van der Waals surface area contributed by atoms with Crippen LogP contribution in [0, 0.1) is 0 Å². The van der Waals surface area contributed by atoms with E-state index in [1.807, 2.05) is 83.5 Å². The van der Waals surface area contributed by atoms with Gasteiger partial charge in [0, 0.05) is 11.1 Å². The summed E-state index contributed by atoms with van der Waals surface area (Å²) < 4.78 is 7.19. The molecule has 0 atom stereocenters. The lowest BCUT2D eigenvalue weighted by atomic mass is 10.0. The molecule has 0 spiro atoms. The second-order valence-corrected chi connectivity index (χ2v) is 7.27. The fourth-order valence-corrected chi connectivity index (χ4v) is 3.58. The van der Waals surface area contributed by atoms with Crippen molar-refractivity contribution in [3.8, 4) is 45.3 Å². The van der Waals surface area contributed by atoms with Crippen molar-refractivity contribution in [2.24, 2.45) is 0 Å². The number of carbonyl (C=O) groups excluding carboxylic acids is 2. The molecule has 0 radical (unpaired) electrons. The van der Waals surface area contributed by atoms with Crippen molar-refractivity contribution < 1.29 is 14.3 Å². The lowest BCUT2D eigenvalue weighted by Crippen LogP contribution is -1.99. The van der Waals surface area contributed by atoms with E-state index in [4.69, 9.17) is 24.4 Å². The summed E-state index contributed by atoms with van der Waals surface area (Å²) in [6.07, 6.45) is 0.250. The smallest absolute Gasteiger partial charge is 0.373 e. The number of hydrogen-bond donors (Lipinski definition) is 0. The van der Waals surface area contributed by atoms with E-state index in [-0.39, 0.29) is 6.15 Å². The molecule has 6 nitrogen and oxygen atoms in total. The van der Waals surface area contributed by atoms with Crippen molar-refractivity contribution in [2.75, 3.05) is 7.11 Å². The summed E-state index contributed by atoms with van der Waals surface area (Å²) in [5.41, 5.74) is 5.22. The molecular formula is C28H21N3O3. The molecule has 0 aliphatic rings. The third-order valence-electron chi connectivity index (χ3n) is 5.18. The van der Waals surface area contributed by atoms with Crippen molar-refractivity contribution in [3.05, 3.63) is 109 Å². The van der Waals surface area contributed by atoms with Gasteiger partial charge in [-0.2, -0.15) is 9.59 Å². The van der Waals surface area contributed by atoms with Crippen LogP contribution >= 0.6 is 0 Å². The van der Waals surface area contributed by atoms with Crippen LogP contribution in [0.5, 0.6) is 5.75 Å². The van der Waals surface area contributed by atoms with Crippen molar-refractivity contribution >= 4 is 6.15 Å². The normalized spacial score (nSPS) is 10.0. The molecular weight excluding hydrogens is 426 g/mol. The van der Waals surface area contributed by atoms with Crippen LogP contribution in [-0.2, 0) is 9.59 Å². The Labute approximate surface area is 197 Å². The van der Waals surface area contributed by atoms with Crippen LogP contribution in [0.4, 0.5) is 0 Å². The van der Waals surface area contributed by atoms with Crippen LogP contribution in [0.1, 0.15) is 0 Å². The Morgan fingerprint density at radius 3 is 1.85 bits per heavy atom. The molecule has 0 saturated heterocycles. The van der Waals surface area contributed by atoms with E-state index in [0.29, 0.717) is 5.82 Å². The van der Waals surface area contributed by atoms with Crippen LogP contribution < -0.4 is 4.74 Å². The van der Waals surface area contributed by atoms with Crippen molar-refractivity contribution in [1.82, 2.24) is 14.8 Å². The lowest BCUT2D eigenvalue weighted by Gasteiger charge is -2.07. The summed E-state index contributed by atoms with van der Waals surface area (Å²) in [4.78, 5) is 21.2. The summed E-state index contributed by atoms with van der Waals surface area (Å²) in [7, 11) is 1.66. The van der Waals surface area contributed by atoms with Crippen LogP contribution in [0.3, 0.4) is 0 Å². The molecule has 5 aromatic rings. The molecule has 34 heavy (non-hydrogen) atoms. The minimum atomic E-state index is 0.250. The van der Waals surface area contributed by atoms with Gasteiger partial charge in [0.1, 0.15) is 5.75 Å². The molecule has 0 fully saturated rings. The van der Waals surface area contributed by atoms with Crippen LogP contribution in [0.15, 0.2) is 109 Å². The van der Waals surface area contributed by atoms with Crippen molar-refractivity contribution in [1.29, 1.82) is 0 Å². The fourth-order valence-electron chi connectivity index (χ4n) is 3.58. The number of hydrogen-bond acceptors (Lipinski definition) is 5. The molecule has 166 valence electrons. The second-order valence-electron chi connectivity index (χ2n) is 7.27. The summed E-state index contributed by atoms with van der Waals surface area (Å²) in [6, 6.07) is 36.7. The van der Waals surface area contributed by atoms with Gasteiger partial charge in [0.15, 0.2) is 11.6 Å². The highest BCUT2D eigenvalue weighted by Gasteiger charge is 2.15. The van der Waals surface area contributed by atoms with Crippen LogP contribution in [0.25, 0.3) is 39.6 Å². The molecule has 1 heterocycles. The first-order valence-corrected chi connectivity index (χ1v) is 10.6. The Morgan fingerprint density at radius 1 is 0.676 bits per heavy atom. The number of nitrogens with zero attached hydrogens (tertiary/aromatic N) is 3. The molecule has 0 amide bonds. The Bertz CT molecular complexity index is 1390. The van der Waals surface area contributed by atoms with Gasteiger partial charge in [-0.1, -0.05) is 78.9 Å². The first-order chi connectivity index (χ1) is 16.7. The molecule has 0 aliphatic carbocycles. The van der Waals surface area contributed by atoms with Gasteiger partial charge in [-0.15, -0.1) is 5.10 Å². The minimum absolute atomic E-state index is 0.250. The summed E-state index contributed by atoms with van der Waals surface area (Å²) in [5, 5.41) is 4.88. The van der Waals surface area contributed by atoms with Gasteiger partial charge in [0.2, 0.25) is 0 Å². The van der Waals surface area contributed by atoms with Crippen LogP contribution in [-0.4, -0.2) is 28.0 Å². The van der Waals surface area contributed by atoms with E-state index in [1.54, 1.807) is 7.11 Å². The fraction of sp³-hybridized carbons (Fsp3) is 0.0357. The van der Waals surface area contributed by atoms with E-state index >= 15 is 0 Å². The molecule has 6 heteroatoms. The van der Waals surface area contributed by atoms with E-state index in [1.165, 1.54) is 5.56 Å². The van der Waals surface area contributed by atoms with Gasteiger partial charge in [0.05, 0.1) is 12.8 Å². The highest BCUT2D eigenvalue weighted by molar-refractivity contribution is 5.71. The third kappa shape index (κ3) is 4.99. The van der Waals surface area contributed by atoms with E-state index in [2.05, 4.69) is 30.3 Å². The van der Waals surface area contributed by atoms with Crippen LogP contribution in [0.2, 0.25) is 0 Å². The van der Waals surface area contributed by atoms with Gasteiger partial charge in [-0.3, -0.25) is 0 Å². The van der Waals surface area contributed by atoms with E-state index in [0.717, 1.165) is 34.0 Å². The zero-order valence-corrected chi connectivity index (χ0v) is 18.5. The predicted molar refractivity (Wildman–Crippen MR) is 129 cm³/mol. The van der Waals surface area contributed by atoms with E-state index in [9.17, 15) is 0 Å². The standard InChI is InChI=1S/C27H21N3O.CO2/c1-31-25-17-15-24(16-18-25)30-27(21-11-6-3-7-12-21)28-26(29-30)23-14-8-13-22(19-23)20-9-4-2-5-10-20;2-1-3/h2-19H,1H3;. The van der Waals surface area contributed by atoms with Gasteiger partial charge in [-0.05, 0) is 41.5 Å². The monoisotopic (exact) mass is 447 g/mol. The first kappa shape index (κ1) is 22.4. The highest BCUT2D eigenvalue weighted by atomic mass is 16.5.